The second-order valence-electron chi connectivity index (χ2n) is 10.9. The van der Waals surface area contributed by atoms with Gasteiger partial charge in [0.15, 0.2) is 0 Å². The monoisotopic (exact) mass is 547 g/mol. The highest BCUT2D eigenvalue weighted by Gasteiger charge is 2.28. The Morgan fingerprint density at radius 2 is 2.12 bits per heavy atom. The lowest BCUT2D eigenvalue weighted by atomic mass is 9.96. The number of hydrogen-bond acceptors (Lipinski definition) is 11. The van der Waals surface area contributed by atoms with E-state index in [2.05, 4.69) is 46.7 Å². The van der Waals surface area contributed by atoms with Crippen molar-refractivity contribution in [2.75, 3.05) is 25.5 Å². The van der Waals surface area contributed by atoms with Gasteiger partial charge in [0.1, 0.15) is 0 Å². The van der Waals surface area contributed by atoms with Crippen LogP contribution in [0, 0.1) is 0 Å². The highest BCUT2D eigenvalue weighted by atomic mass is 16.5. The SMILES string of the molecule is CN=CC(=CN)Nc1nccc(-c2ccc3c(c2)CN(CC(C)O)CCC3NC(=O)c2noc(C(C)(C)C)n2)n1. The van der Waals surface area contributed by atoms with E-state index in [1.807, 2.05) is 39.0 Å². The molecule has 5 N–H and O–H groups in total. The van der Waals surface area contributed by atoms with Crippen LogP contribution in [-0.4, -0.2) is 68.5 Å². The fraction of sp³-hybridized carbons (Fsp3) is 0.429. The standard InChI is InChI=1S/C28H37N9O3/c1-17(38)15-37-11-9-23(33-25(39)24-35-26(40-36-24)28(2,3)4)21-7-6-18(12-19(21)16-37)22-8-10-31-27(34-22)32-20(13-29)14-30-5/h6-8,10,12-14,17,23,38H,9,11,15-16,29H2,1-5H3,(H,33,39)(H,31,32,34). The summed E-state index contributed by atoms with van der Waals surface area (Å²) in [5, 5.41) is 20.1. The van der Waals surface area contributed by atoms with Gasteiger partial charge >= 0.3 is 0 Å². The third-order valence-corrected chi connectivity index (χ3v) is 6.40. The number of fused-ring (bicyclic) bond motifs is 1. The summed E-state index contributed by atoms with van der Waals surface area (Å²) in [5.41, 5.74) is 9.51. The van der Waals surface area contributed by atoms with Crippen LogP contribution in [-0.2, 0) is 12.0 Å². The fourth-order valence-electron chi connectivity index (χ4n) is 4.52. The number of nitrogens with one attached hydrogen (secondary N) is 2. The lowest BCUT2D eigenvalue weighted by molar-refractivity contribution is 0.0913. The van der Waals surface area contributed by atoms with E-state index in [0.29, 0.717) is 43.6 Å². The summed E-state index contributed by atoms with van der Waals surface area (Å²) in [6, 6.07) is 7.62. The first-order chi connectivity index (χ1) is 19.1. The van der Waals surface area contributed by atoms with E-state index < -0.39 is 12.0 Å². The highest BCUT2D eigenvalue weighted by molar-refractivity contribution is 5.90. The maximum absolute atomic E-state index is 13.1. The first-order valence-corrected chi connectivity index (χ1v) is 13.2. The van der Waals surface area contributed by atoms with Crippen LogP contribution in [0.4, 0.5) is 5.95 Å². The number of β-amino-alcohol motifs (C(OH)–C–C–N with tert-alkyl or cyclic N) is 1. The molecule has 3 aromatic rings. The van der Waals surface area contributed by atoms with Gasteiger partial charge in [-0.05, 0) is 36.6 Å². The molecule has 0 fully saturated rings. The largest absolute Gasteiger partial charge is 0.403 e. The summed E-state index contributed by atoms with van der Waals surface area (Å²) in [7, 11) is 1.65. The minimum absolute atomic E-state index is 0.00760. The van der Waals surface area contributed by atoms with E-state index in [-0.39, 0.29) is 17.3 Å². The van der Waals surface area contributed by atoms with Crippen LogP contribution in [0.3, 0.4) is 0 Å². The van der Waals surface area contributed by atoms with E-state index in [9.17, 15) is 9.90 Å². The van der Waals surface area contributed by atoms with Gasteiger partial charge in [0.2, 0.25) is 11.8 Å². The van der Waals surface area contributed by atoms with E-state index in [4.69, 9.17) is 10.3 Å². The molecule has 12 nitrogen and oxygen atoms in total. The number of rotatable bonds is 8. The third-order valence-electron chi connectivity index (χ3n) is 6.40. The average molecular weight is 548 g/mol. The van der Waals surface area contributed by atoms with E-state index in [1.54, 1.807) is 26.4 Å². The van der Waals surface area contributed by atoms with Gasteiger partial charge in [-0.15, -0.1) is 0 Å². The fourth-order valence-corrected chi connectivity index (χ4v) is 4.52. The molecule has 0 saturated heterocycles. The summed E-state index contributed by atoms with van der Waals surface area (Å²) in [6.45, 7) is 9.42. The zero-order chi connectivity index (χ0) is 28.9. The van der Waals surface area contributed by atoms with Gasteiger partial charge in [0, 0.05) is 56.3 Å². The zero-order valence-electron chi connectivity index (χ0n) is 23.5. The number of carbonyl (C=O) groups is 1. The van der Waals surface area contributed by atoms with E-state index >= 15 is 0 Å². The number of anilines is 1. The molecule has 2 aromatic heterocycles. The summed E-state index contributed by atoms with van der Waals surface area (Å²) in [6.07, 6.45) is 4.83. The van der Waals surface area contributed by atoms with Crippen molar-refractivity contribution in [1.29, 1.82) is 0 Å². The molecule has 12 heteroatoms. The lowest BCUT2D eigenvalue weighted by Crippen LogP contribution is -2.33. The van der Waals surface area contributed by atoms with E-state index in [0.717, 1.165) is 22.4 Å². The van der Waals surface area contributed by atoms with Crippen LogP contribution in [0.15, 0.2) is 51.9 Å². The molecule has 0 aliphatic carbocycles. The molecule has 0 spiro atoms. The maximum atomic E-state index is 13.1. The summed E-state index contributed by atoms with van der Waals surface area (Å²) < 4.78 is 5.32. The van der Waals surface area contributed by atoms with Crippen LogP contribution in [0.2, 0.25) is 0 Å². The summed E-state index contributed by atoms with van der Waals surface area (Å²) in [5.74, 6) is 0.406. The van der Waals surface area contributed by atoms with Crippen LogP contribution >= 0.6 is 0 Å². The normalized spacial score (nSPS) is 17.4. The van der Waals surface area contributed by atoms with Crippen LogP contribution in [0.1, 0.15) is 67.8 Å². The van der Waals surface area contributed by atoms with Gasteiger partial charge < -0.3 is 26.0 Å². The van der Waals surface area contributed by atoms with Gasteiger partial charge in [-0.2, -0.15) is 4.98 Å². The molecule has 0 bridgehead atoms. The molecule has 212 valence electrons. The minimum Gasteiger partial charge on any atom is -0.403 e. The zero-order valence-corrected chi connectivity index (χ0v) is 23.5. The average Bonchev–Trinajstić information content (AvgIpc) is 3.36. The molecule has 3 heterocycles. The third kappa shape index (κ3) is 7.07. The topological polar surface area (TPSA) is 168 Å². The van der Waals surface area contributed by atoms with Crippen molar-refractivity contribution in [3.8, 4) is 11.3 Å². The molecular weight excluding hydrogens is 510 g/mol. The van der Waals surface area contributed by atoms with Crippen molar-refractivity contribution in [3.05, 3.63) is 65.2 Å². The van der Waals surface area contributed by atoms with Crippen molar-refractivity contribution in [3.63, 3.8) is 0 Å². The second-order valence-corrected chi connectivity index (χ2v) is 10.9. The number of aliphatic imine (C=N–C) groups is 1. The van der Waals surface area contributed by atoms with Crippen molar-refractivity contribution in [1.82, 2.24) is 30.3 Å². The molecule has 0 radical (unpaired) electrons. The molecule has 40 heavy (non-hydrogen) atoms. The Morgan fingerprint density at radius 3 is 2.80 bits per heavy atom. The summed E-state index contributed by atoms with van der Waals surface area (Å²) >= 11 is 0. The molecule has 4 rings (SSSR count). The van der Waals surface area contributed by atoms with Crippen LogP contribution < -0.4 is 16.4 Å². The van der Waals surface area contributed by atoms with Crippen molar-refractivity contribution in [2.45, 2.75) is 58.2 Å². The number of aliphatic hydroxyl groups excluding tert-OH is 1. The number of amides is 1. The number of allylic oxidation sites excluding steroid dienone is 1. The molecule has 0 saturated carbocycles. The number of hydrogen-bond donors (Lipinski definition) is 4. The predicted molar refractivity (Wildman–Crippen MR) is 153 cm³/mol. The van der Waals surface area contributed by atoms with Gasteiger partial charge in [0.05, 0.1) is 23.5 Å². The number of carbonyl (C=O) groups excluding carboxylic acids is 1. The second kappa shape index (κ2) is 12.3. The van der Waals surface area contributed by atoms with Gasteiger partial charge in [-0.1, -0.05) is 38.1 Å². The molecule has 2 unspecified atom stereocenters. The molecule has 1 aliphatic rings. The Morgan fingerprint density at radius 1 is 1.32 bits per heavy atom. The number of nitrogens with two attached hydrogens (primary N) is 1. The van der Waals surface area contributed by atoms with E-state index in [1.165, 1.54) is 6.20 Å². The molecule has 2 atom stereocenters. The first kappa shape index (κ1) is 28.8. The Balaban J connectivity index is 1.63. The predicted octanol–water partition coefficient (Wildman–Crippen LogP) is 2.79. The minimum atomic E-state index is -0.486. The van der Waals surface area contributed by atoms with Crippen molar-refractivity contribution < 1.29 is 14.4 Å². The van der Waals surface area contributed by atoms with Crippen molar-refractivity contribution in [2.24, 2.45) is 10.7 Å². The maximum Gasteiger partial charge on any atom is 0.293 e. The Bertz CT molecular complexity index is 1390. The molecular formula is C28H37N9O3. The number of aromatic nitrogens is 4. The quantitative estimate of drug-likeness (QED) is 0.308. The molecule has 1 aliphatic heterocycles. The molecule has 1 aromatic carbocycles. The first-order valence-electron chi connectivity index (χ1n) is 13.2. The Kier molecular flexibility index (Phi) is 8.90. The smallest absolute Gasteiger partial charge is 0.293 e. The van der Waals surface area contributed by atoms with Crippen LogP contribution in [0.5, 0.6) is 0 Å². The molecule has 1 amide bonds. The Hall–Kier alpha value is -4.16. The van der Waals surface area contributed by atoms with Gasteiger partial charge in [-0.25, -0.2) is 9.97 Å². The highest BCUT2D eigenvalue weighted by Crippen LogP contribution is 2.31. The number of benzene rings is 1. The van der Waals surface area contributed by atoms with Crippen LogP contribution in [0.25, 0.3) is 11.3 Å². The number of nitrogens with zero attached hydrogens (tertiary/aromatic N) is 6. The number of aliphatic hydroxyl groups is 1. The summed E-state index contributed by atoms with van der Waals surface area (Å²) in [4.78, 5) is 32.5. The lowest BCUT2D eigenvalue weighted by Gasteiger charge is -2.22. The Labute approximate surface area is 233 Å². The van der Waals surface area contributed by atoms with Crippen molar-refractivity contribution >= 4 is 18.1 Å². The van der Waals surface area contributed by atoms with Gasteiger partial charge in [-0.3, -0.25) is 14.7 Å². The van der Waals surface area contributed by atoms with Gasteiger partial charge in [0.25, 0.3) is 11.7 Å².